The Bertz CT molecular complexity index is 973. The summed E-state index contributed by atoms with van der Waals surface area (Å²) in [4.78, 5) is 0. The molecule has 0 radical (unpaired) electrons. The van der Waals surface area contributed by atoms with Crippen molar-refractivity contribution in [3.05, 3.63) is 109 Å². The van der Waals surface area contributed by atoms with E-state index < -0.39 is 8.32 Å². The molecule has 0 bridgehead atoms. The molecule has 0 aromatic heterocycles. The van der Waals surface area contributed by atoms with Gasteiger partial charge in [-0.25, -0.2) is 0 Å². The Morgan fingerprint density at radius 2 is 1.36 bits per heavy atom. The smallest absolute Gasteiger partial charge is 0.261 e. The maximum absolute atomic E-state index is 6.88. The predicted octanol–water partition coefficient (Wildman–Crippen LogP) is 5.10. The Labute approximate surface area is 199 Å². The minimum atomic E-state index is -2.49. The highest BCUT2D eigenvalue weighted by atomic mass is 28.4. The van der Waals surface area contributed by atoms with E-state index in [1.54, 1.807) is 0 Å². The quantitative estimate of drug-likeness (QED) is 0.240. The van der Waals surface area contributed by atoms with Gasteiger partial charge in [0.05, 0.1) is 19.8 Å². The van der Waals surface area contributed by atoms with Gasteiger partial charge in [-0.05, 0) is 21.0 Å². The molecule has 3 aromatic rings. The van der Waals surface area contributed by atoms with Gasteiger partial charge >= 0.3 is 0 Å². The van der Waals surface area contributed by atoms with Crippen LogP contribution in [-0.4, -0.2) is 33.7 Å². The third-order valence-electron chi connectivity index (χ3n) is 6.15. The zero-order chi connectivity index (χ0) is 23.2. The molecular formula is C29H34O3Si. The van der Waals surface area contributed by atoms with Crippen LogP contribution in [0.2, 0.25) is 5.04 Å². The van der Waals surface area contributed by atoms with Gasteiger partial charge in [0.2, 0.25) is 0 Å². The molecule has 1 aliphatic rings. The van der Waals surface area contributed by atoms with Gasteiger partial charge < -0.3 is 13.9 Å². The third kappa shape index (κ3) is 5.71. The minimum Gasteiger partial charge on any atom is -0.404 e. The van der Waals surface area contributed by atoms with Crippen LogP contribution < -0.4 is 10.4 Å². The van der Waals surface area contributed by atoms with E-state index >= 15 is 0 Å². The summed E-state index contributed by atoms with van der Waals surface area (Å²) < 4.78 is 18.5. The van der Waals surface area contributed by atoms with Gasteiger partial charge in [0, 0.05) is 0 Å². The van der Waals surface area contributed by atoms with Crippen molar-refractivity contribution < 1.29 is 13.9 Å². The highest BCUT2D eigenvalue weighted by Gasteiger charge is 2.50. The highest BCUT2D eigenvalue weighted by molar-refractivity contribution is 6.99. The maximum Gasteiger partial charge on any atom is 0.261 e. The summed E-state index contributed by atoms with van der Waals surface area (Å²) in [5, 5.41) is 2.58. The Balaban J connectivity index is 1.38. The van der Waals surface area contributed by atoms with Crippen molar-refractivity contribution in [1.29, 1.82) is 0 Å². The van der Waals surface area contributed by atoms with Gasteiger partial charge in [-0.1, -0.05) is 124 Å². The number of ether oxygens (including phenoxy) is 2. The predicted molar refractivity (Wildman–Crippen MR) is 137 cm³/mol. The summed E-state index contributed by atoms with van der Waals surface area (Å²) in [6, 6.07) is 31.7. The van der Waals surface area contributed by atoms with E-state index in [9.17, 15) is 0 Å². The van der Waals surface area contributed by atoms with E-state index in [1.807, 2.05) is 18.2 Å². The molecular weight excluding hydrogens is 424 g/mol. The molecule has 4 rings (SSSR count). The van der Waals surface area contributed by atoms with E-state index in [0.717, 1.165) is 0 Å². The minimum absolute atomic E-state index is 0.0204. The first kappa shape index (κ1) is 23.6. The van der Waals surface area contributed by atoms with Crippen LogP contribution >= 0.6 is 0 Å². The molecule has 1 fully saturated rings. The molecule has 3 nitrogen and oxygen atoms in total. The second kappa shape index (κ2) is 10.6. The lowest BCUT2D eigenvalue weighted by Crippen LogP contribution is -2.66. The number of rotatable bonds is 10. The first-order valence-electron chi connectivity index (χ1n) is 11.7. The fourth-order valence-corrected chi connectivity index (χ4v) is 8.95. The van der Waals surface area contributed by atoms with Gasteiger partial charge in [-0.3, -0.25) is 0 Å². The van der Waals surface area contributed by atoms with Crippen LogP contribution in [0.1, 0.15) is 26.3 Å². The van der Waals surface area contributed by atoms with E-state index in [-0.39, 0.29) is 17.2 Å². The molecule has 0 amide bonds. The molecule has 0 spiro atoms. The largest absolute Gasteiger partial charge is 0.404 e. The van der Waals surface area contributed by atoms with E-state index in [0.29, 0.717) is 19.8 Å². The zero-order valence-electron chi connectivity index (χ0n) is 19.8. The molecule has 33 heavy (non-hydrogen) atoms. The Morgan fingerprint density at radius 1 is 0.818 bits per heavy atom. The monoisotopic (exact) mass is 458 g/mol. The summed E-state index contributed by atoms with van der Waals surface area (Å²) in [6.45, 7) is 8.69. The van der Waals surface area contributed by atoms with E-state index in [4.69, 9.17) is 13.9 Å². The summed E-state index contributed by atoms with van der Waals surface area (Å²) in [7, 11) is -2.49. The Hall–Kier alpha value is -2.50. The van der Waals surface area contributed by atoms with E-state index in [1.165, 1.54) is 15.9 Å². The summed E-state index contributed by atoms with van der Waals surface area (Å²) in [5.74, 6) is 0. The molecule has 0 unspecified atom stereocenters. The average molecular weight is 459 g/mol. The van der Waals surface area contributed by atoms with Crippen molar-refractivity contribution >= 4 is 18.7 Å². The van der Waals surface area contributed by atoms with Crippen LogP contribution in [0.3, 0.4) is 0 Å². The third-order valence-corrected chi connectivity index (χ3v) is 11.2. The molecule has 3 aromatic carbocycles. The summed E-state index contributed by atoms with van der Waals surface area (Å²) >= 11 is 0. The molecule has 172 valence electrons. The molecule has 1 saturated heterocycles. The standard InChI is InChI=1S/C29H34O3Si/c1-29(2,3)33(25-16-9-5-10-17-25,26-18-11-6-12-19-26)31-21-13-20-27-28(32-27)23-30-22-24-14-7-4-8-15-24/h4-20,27-28H,21-23H2,1-3H3/b20-13+/t27-,28+/m0/s1. The van der Waals surface area contributed by atoms with Gasteiger partial charge in [-0.15, -0.1) is 0 Å². The number of benzene rings is 3. The second-order valence-corrected chi connectivity index (χ2v) is 13.8. The molecule has 0 saturated carbocycles. The lowest BCUT2D eigenvalue weighted by molar-refractivity contribution is 0.104. The van der Waals surface area contributed by atoms with Gasteiger partial charge in [0.15, 0.2) is 0 Å². The van der Waals surface area contributed by atoms with Crippen molar-refractivity contribution in [3.63, 3.8) is 0 Å². The van der Waals surface area contributed by atoms with Gasteiger partial charge in [0.25, 0.3) is 8.32 Å². The normalized spacial score (nSPS) is 18.5. The fourth-order valence-electron chi connectivity index (χ4n) is 4.45. The van der Waals surface area contributed by atoms with Crippen LogP contribution in [-0.2, 0) is 20.5 Å². The molecule has 0 aliphatic carbocycles. The summed E-state index contributed by atoms with van der Waals surface area (Å²) in [5.41, 5.74) is 1.18. The molecule has 0 N–H and O–H groups in total. The van der Waals surface area contributed by atoms with Crippen molar-refractivity contribution in [3.8, 4) is 0 Å². The molecule has 2 atom stereocenters. The first-order valence-corrected chi connectivity index (χ1v) is 13.6. The maximum atomic E-state index is 6.88. The zero-order valence-corrected chi connectivity index (χ0v) is 20.8. The number of hydrogen-bond acceptors (Lipinski definition) is 3. The Kier molecular flexibility index (Phi) is 7.61. The van der Waals surface area contributed by atoms with Crippen LogP contribution in [0.25, 0.3) is 0 Å². The van der Waals surface area contributed by atoms with Crippen LogP contribution in [0.4, 0.5) is 0 Å². The SMILES string of the molecule is CC(C)(C)[Si](OC/C=C/[C@@H]1O[C@@H]1COCc1ccccc1)(c1ccccc1)c1ccccc1. The van der Waals surface area contributed by atoms with Gasteiger partial charge in [-0.2, -0.15) is 0 Å². The lowest BCUT2D eigenvalue weighted by atomic mass is 10.2. The van der Waals surface area contributed by atoms with Crippen molar-refractivity contribution in [2.75, 3.05) is 13.2 Å². The first-order chi connectivity index (χ1) is 16.0. The van der Waals surface area contributed by atoms with Crippen molar-refractivity contribution in [2.45, 2.75) is 44.6 Å². The molecule has 4 heteroatoms. The molecule has 1 aliphatic heterocycles. The number of hydrogen-bond donors (Lipinski definition) is 0. The highest BCUT2D eigenvalue weighted by Crippen LogP contribution is 2.36. The van der Waals surface area contributed by atoms with Crippen molar-refractivity contribution in [2.24, 2.45) is 0 Å². The van der Waals surface area contributed by atoms with Crippen LogP contribution in [0, 0.1) is 0 Å². The summed E-state index contributed by atoms with van der Waals surface area (Å²) in [6.07, 6.45) is 4.48. The average Bonchev–Trinajstić information content (AvgIpc) is 3.58. The van der Waals surface area contributed by atoms with Crippen molar-refractivity contribution in [1.82, 2.24) is 0 Å². The van der Waals surface area contributed by atoms with Gasteiger partial charge in [0.1, 0.15) is 12.2 Å². The van der Waals surface area contributed by atoms with E-state index in [2.05, 4.69) is 106 Å². The number of epoxide rings is 1. The van der Waals surface area contributed by atoms with Crippen LogP contribution in [0.15, 0.2) is 103 Å². The Morgan fingerprint density at radius 3 is 1.91 bits per heavy atom. The lowest BCUT2D eigenvalue weighted by Gasteiger charge is -2.42. The fraction of sp³-hybridized carbons (Fsp3) is 0.310. The topological polar surface area (TPSA) is 31.0 Å². The molecule has 1 heterocycles. The van der Waals surface area contributed by atoms with Crippen LogP contribution in [0.5, 0.6) is 0 Å². The second-order valence-electron chi connectivity index (χ2n) is 9.54.